The molecular formula is C18H24N6S. The van der Waals surface area contributed by atoms with Crippen LogP contribution in [0.4, 0.5) is 0 Å². The van der Waals surface area contributed by atoms with Gasteiger partial charge in [0.05, 0.1) is 15.2 Å². The molecule has 0 aliphatic carbocycles. The zero-order valence-electron chi connectivity index (χ0n) is 14.5. The highest BCUT2D eigenvalue weighted by molar-refractivity contribution is 7.18. The van der Waals surface area contributed by atoms with E-state index < -0.39 is 0 Å². The van der Waals surface area contributed by atoms with Gasteiger partial charge in [0.1, 0.15) is 0 Å². The molecule has 0 radical (unpaired) electrons. The van der Waals surface area contributed by atoms with Crippen molar-refractivity contribution in [3.05, 3.63) is 47.7 Å². The van der Waals surface area contributed by atoms with E-state index in [0.717, 1.165) is 50.4 Å². The van der Waals surface area contributed by atoms with Crippen molar-refractivity contribution in [3.8, 4) is 0 Å². The second-order valence-corrected chi connectivity index (χ2v) is 6.84. The lowest BCUT2D eigenvalue weighted by Crippen LogP contribution is -2.38. The van der Waals surface area contributed by atoms with Gasteiger partial charge in [-0.05, 0) is 31.0 Å². The summed E-state index contributed by atoms with van der Waals surface area (Å²) in [7, 11) is 1.80. The Balaban J connectivity index is 1.32. The molecule has 1 aromatic carbocycles. The van der Waals surface area contributed by atoms with Gasteiger partial charge in [0.15, 0.2) is 5.96 Å². The van der Waals surface area contributed by atoms with Gasteiger partial charge in [-0.25, -0.2) is 4.98 Å². The molecule has 0 aliphatic heterocycles. The fourth-order valence-electron chi connectivity index (χ4n) is 2.57. The Hall–Kier alpha value is -2.41. The first-order chi connectivity index (χ1) is 12.3. The van der Waals surface area contributed by atoms with E-state index in [2.05, 4.69) is 43.9 Å². The third-order valence-corrected chi connectivity index (χ3v) is 4.93. The van der Waals surface area contributed by atoms with Crippen molar-refractivity contribution in [3.63, 3.8) is 0 Å². The molecule has 0 atom stereocenters. The maximum absolute atomic E-state index is 4.67. The molecule has 0 aliphatic rings. The van der Waals surface area contributed by atoms with E-state index >= 15 is 0 Å². The molecule has 2 aromatic heterocycles. The zero-order chi connectivity index (χ0) is 17.3. The summed E-state index contributed by atoms with van der Waals surface area (Å²) in [5.41, 5.74) is 1.10. The molecule has 3 aromatic rings. The highest BCUT2D eigenvalue weighted by Crippen LogP contribution is 2.22. The minimum atomic E-state index is 0.852. The van der Waals surface area contributed by atoms with Crippen LogP contribution < -0.4 is 10.6 Å². The smallest absolute Gasteiger partial charge is 0.190 e. The van der Waals surface area contributed by atoms with Crippen LogP contribution in [0.1, 0.15) is 17.8 Å². The van der Waals surface area contributed by atoms with Crippen LogP contribution >= 0.6 is 11.3 Å². The van der Waals surface area contributed by atoms with Gasteiger partial charge in [-0.3, -0.25) is 9.67 Å². The van der Waals surface area contributed by atoms with Crippen LogP contribution in [0.25, 0.3) is 10.2 Å². The summed E-state index contributed by atoms with van der Waals surface area (Å²) in [6, 6.07) is 10.2. The summed E-state index contributed by atoms with van der Waals surface area (Å²) in [6.07, 6.45) is 6.82. The number of aliphatic imine (C=N–C) groups is 1. The van der Waals surface area contributed by atoms with Gasteiger partial charge >= 0.3 is 0 Å². The van der Waals surface area contributed by atoms with Crippen LogP contribution in [0.2, 0.25) is 0 Å². The minimum Gasteiger partial charge on any atom is -0.356 e. The summed E-state index contributed by atoms with van der Waals surface area (Å²) >= 11 is 1.78. The number of rotatable bonds is 8. The van der Waals surface area contributed by atoms with Crippen molar-refractivity contribution in [1.29, 1.82) is 0 Å². The van der Waals surface area contributed by atoms with Gasteiger partial charge in [0.2, 0.25) is 0 Å². The Morgan fingerprint density at radius 1 is 1.16 bits per heavy atom. The van der Waals surface area contributed by atoms with Crippen molar-refractivity contribution >= 4 is 27.5 Å². The second-order valence-electron chi connectivity index (χ2n) is 5.73. The normalized spacial score (nSPS) is 11.8. The molecule has 0 amide bonds. The predicted octanol–water partition coefficient (Wildman–Crippen LogP) is 2.68. The number of guanidine groups is 1. The Bertz CT molecular complexity index is 760. The second kappa shape index (κ2) is 9.17. The molecule has 3 rings (SSSR count). The molecule has 0 bridgehead atoms. The van der Waals surface area contributed by atoms with Gasteiger partial charge in [0, 0.05) is 45.5 Å². The van der Waals surface area contributed by atoms with Crippen LogP contribution in [-0.2, 0) is 13.0 Å². The maximum Gasteiger partial charge on any atom is 0.190 e. The lowest BCUT2D eigenvalue weighted by molar-refractivity contribution is 0.570. The number of hydrogen-bond donors (Lipinski definition) is 2. The number of hydrogen-bond acceptors (Lipinski definition) is 4. The third-order valence-electron chi connectivity index (χ3n) is 3.84. The number of benzene rings is 1. The molecule has 0 spiro atoms. The standard InChI is InChI=1S/C18H24N6S/c1-19-18(21-11-5-13-24-14-6-12-22-24)20-10-4-9-17-23-15-7-2-3-8-16(15)25-17/h2-3,6-8,12,14H,4-5,9-11,13H2,1H3,(H2,19,20,21). The average molecular weight is 356 g/mol. The Morgan fingerprint density at radius 3 is 2.76 bits per heavy atom. The largest absolute Gasteiger partial charge is 0.356 e. The highest BCUT2D eigenvalue weighted by Gasteiger charge is 2.03. The minimum absolute atomic E-state index is 0.852. The van der Waals surface area contributed by atoms with Crippen molar-refractivity contribution in [1.82, 2.24) is 25.4 Å². The molecule has 0 saturated carbocycles. The fraction of sp³-hybridized carbons (Fsp3) is 0.389. The maximum atomic E-state index is 4.67. The number of aryl methyl sites for hydroxylation is 2. The number of nitrogens with one attached hydrogen (secondary N) is 2. The van der Waals surface area contributed by atoms with Crippen LogP contribution in [0.5, 0.6) is 0 Å². The van der Waals surface area contributed by atoms with E-state index in [1.807, 2.05) is 23.0 Å². The SMILES string of the molecule is CN=C(NCCCc1nc2ccccc2s1)NCCCn1cccn1. The number of nitrogens with zero attached hydrogens (tertiary/aromatic N) is 4. The van der Waals surface area contributed by atoms with Gasteiger partial charge in [-0.1, -0.05) is 12.1 Å². The molecule has 0 unspecified atom stereocenters. The first-order valence-electron chi connectivity index (χ1n) is 8.61. The predicted molar refractivity (Wildman–Crippen MR) is 104 cm³/mol. The zero-order valence-corrected chi connectivity index (χ0v) is 15.3. The molecule has 0 fully saturated rings. The first-order valence-corrected chi connectivity index (χ1v) is 9.43. The number of fused-ring (bicyclic) bond motifs is 1. The lowest BCUT2D eigenvalue weighted by Gasteiger charge is -2.11. The van der Waals surface area contributed by atoms with Crippen LogP contribution in [0.15, 0.2) is 47.7 Å². The van der Waals surface area contributed by atoms with E-state index in [-0.39, 0.29) is 0 Å². The van der Waals surface area contributed by atoms with Crippen LogP contribution in [-0.4, -0.2) is 40.9 Å². The lowest BCUT2D eigenvalue weighted by atomic mass is 10.3. The van der Waals surface area contributed by atoms with Gasteiger partial charge in [0.25, 0.3) is 0 Å². The summed E-state index contributed by atoms with van der Waals surface area (Å²) in [5, 5.41) is 12.1. The molecule has 2 heterocycles. The fourth-order valence-corrected chi connectivity index (χ4v) is 3.58. The van der Waals surface area contributed by atoms with Crippen molar-refractivity contribution < 1.29 is 0 Å². The third kappa shape index (κ3) is 5.29. The van der Waals surface area contributed by atoms with Crippen LogP contribution in [0.3, 0.4) is 0 Å². The van der Waals surface area contributed by atoms with Gasteiger partial charge < -0.3 is 10.6 Å². The monoisotopic (exact) mass is 356 g/mol. The Morgan fingerprint density at radius 2 is 2.00 bits per heavy atom. The van der Waals surface area contributed by atoms with E-state index in [0.29, 0.717) is 0 Å². The van der Waals surface area contributed by atoms with E-state index in [9.17, 15) is 0 Å². The molecule has 0 saturated heterocycles. The van der Waals surface area contributed by atoms with Gasteiger partial charge in [-0.15, -0.1) is 11.3 Å². The van der Waals surface area contributed by atoms with Crippen molar-refractivity contribution in [2.45, 2.75) is 25.8 Å². The average Bonchev–Trinajstić information content (AvgIpc) is 3.29. The number of para-hydroxylation sites is 1. The van der Waals surface area contributed by atoms with E-state index in [1.54, 1.807) is 24.6 Å². The molecule has 132 valence electrons. The Labute approximate surface area is 152 Å². The molecule has 2 N–H and O–H groups in total. The van der Waals surface area contributed by atoms with Crippen molar-refractivity contribution in [2.24, 2.45) is 4.99 Å². The topological polar surface area (TPSA) is 67.1 Å². The molecular weight excluding hydrogens is 332 g/mol. The first kappa shape index (κ1) is 17.4. The quantitative estimate of drug-likeness (QED) is 0.370. The molecule has 25 heavy (non-hydrogen) atoms. The summed E-state index contributed by atoms with van der Waals surface area (Å²) in [5.74, 6) is 0.852. The number of thiazole rings is 1. The Kier molecular flexibility index (Phi) is 6.39. The van der Waals surface area contributed by atoms with Crippen molar-refractivity contribution in [2.75, 3.05) is 20.1 Å². The van der Waals surface area contributed by atoms with E-state index in [4.69, 9.17) is 0 Å². The summed E-state index contributed by atoms with van der Waals surface area (Å²) in [6.45, 7) is 2.67. The summed E-state index contributed by atoms with van der Waals surface area (Å²) in [4.78, 5) is 8.93. The molecule has 7 heteroatoms. The highest BCUT2D eigenvalue weighted by atomic mass is 32.1. The summed E-state index contributed by atoms with van der Waals surface area (Å²) < 4.78 is 3.20. The van der Waals surface area contributed by atoms with Crippen LogP contribution in [0, 0.1) is 0 Å². The van der Waals surface area contributed by atoms with E-state index in [1.165, 1.54) is 9.71 Å². The molecule has 6 nitrogen and oxygen atoms in total. The van der Waals surface area contributed by atoms with Gasteiger partial charge in [-0.2, -0.15) is 5.10 Å². The number of aromatic nitrogens is 3.